The molecule has 3 aromatic heterocycles. The molecule has 1 aliphatic rings. The number of hydrogen-bond acceptors (Lipinski definition) is 7. The number of benzene rings is 1. The molecule has 1 aliphatic heterocycles. The number of pyridine rings is 2. The Morgan fingerprint density at radius 2 is 1.84 bits per heavy atom. The molecule has 3 atom stereocenters. The van der Waals surface area contributed by atoms with Crippen LogP contribution in [0.2, 0.25) is 0 Å². The number of amides is 1. The molecule has 4 heterocycles. The molecule has 9 nitrogen and oxygen atoms in total. The van der Waals surface area contributed by atoms with Gasteiger partial charge >= 0.3 is 0 Å². The molecule has 37 heavy (non-hydrogen) atoms. The number of carbonyl (C=O) groups is 1. The van der Waals surface area contributed by atoms with Gasteiger partial charge in [0.2, 0.25) is 0 Å². The van der Waals surface area contributed by atoms with Gasteiger partial charge in [0, 0.05) is 25.3 Å². The Bertz CT molecular complexity index is 1400. The summed E-state index contributed by atoms with van der Waals surface area (Å²) in [6.45, 7) is 3.16. The molecule has 0 saturated carbocycles. The molecule has 5 rings (SSSR count). The van der Waals surface area contributed by atoms with Crippen LogP contribution in [0.4, 0.5) is 24.5 Å². The van der Waals surface area contributed by atoms with Crippen molar-refractivity contribution in [3.63, 3.8) is 0 Å². The van der Waals surface area contributed by atoms with Crippen LogP contribution in [0.3, 0.4) is 0 Å². The Morgan fingerprint density at radius 1 is 1.05 bits per heavy atom. The zero-order chi connectivity index (χ0) is 26.1. The van der Waals surface area contributed by atoms with E-state index in [9.17, 15) is 18.0 Å². The summed E-state index contributed by atoms with van der Waals surface area (Å²) in [4.78, 5) is 27.2. The summed E-state index contributed by atoms with van der Waals surface area (Å²) in [6.07, 6.45) is 6.19. The quantitative estimate of drug-likeness (QED) is 0.425. The van der Waals surface area contributed by atoms with Crippen LogP contribution in [-0.2, 0) is 0 Å². The fraction of sp³-hybridized carbons (Fsp3) is 0.240. The zero-order valence-electron chi connectivity index (χ0n) is 19.7. The summed E-state index contributed by atoms with van der Waals surface area (Å²) in [5.74, 6) is -3.52. The fourth-order valence-electron chi connectivity index (χ4n) is 4.75. The van der Waals surface area contributed by atoms with Gasteiger partial charge in [0.1, 0.15) is 41.5 Å². The second-order valence-electron chi connectivity index (χ2n) is 8.88. The third-order valence-corrected chi connectivity index (χ3v) is 6.37. The minimum absolute atomic E-state index is 0.0424. The van der Waals surface area contributed by atoms with E-state index in [4.69, 9.17) is 5.73 Å². The second-order valence-corrected chi connectivity index (χ2v) is 8.88. The highest BCUT2D eigenvalue weighted by Crippen LogP contribution is 2.33. The first-order chi connectivity index (χ1) is 17.8. The van der Waals surface area contributed by atoms with Crippen LogP contribution in [0, 0.1) is 23.4 Å². The van der Waals surface area contributed by atoms with Crippen molar-refractivity contribution in [3.8, 4) is 11.3 Å². The van der Waals surface area contributed by atoms with Crippen LogP contribution < -0.4 is 16.0 Å². The minimum atomic E-state index is -0.988. The predicted molar refractivity (Wildman–Crippen MR) is 130 cm³/mol. The van der Waals surface area contributed by atoms with E-state index in [0.29, 0.717) is 24.5 Å². The number of rotatable bonds is 5. The Balaban J connectivity index is 1.40. The monoisotopic (exact) mass is 508 g/mol. The van der Waals surface area contributed by atoms with Crippen LogP contribution in [0.25, 0.3) is 11.3 Å². The molecule has 3 N–H and O–H groups in total. The average Bonchev–Trinajstić information content (AvgIpc) is 3.39. The third kappa shape index (κ3) is 4.75. The first-order valence-electron chi connectivity index (χ1n) is 11.5. The lowest BCUT2D eigenvalue weighted by atomic mass is 9.90. The van der Waals surface area contributed by atoms with E-state index in [1.807, 2.05) is 4.90 Å². The summed E-state index contributed by atoms with van der Waals surface area (Å²) in [5, 5.41) is 6.97. The molecule has 12 heteroatoms. The van der Waals surface area contributed by atoms with E-state index in [1.165, 1.54) is 12.5 Å². The Hall–Kier alpha value is -4.32. The largest absolute Gasteiger partial charge is 0.368 e. The smallest absolute Gasteiger partial charge is 0.274 e. The van der Waals surface area contributed by atoms with Gasteiger partial charge in [-0.3, -0.25) is 9.78 Å². The minimum Gasteiger partial charge on any atom is -0.368 e. The molecule has 1 aromatic carbocycles. The maximum Gasteiger partial charge on any atom is 0.274 e. The molecule has 0 radical (unpaired) electrons. The molecule has 4 aromatic rings. The topological polar surface area (TPSA) is 115 Å². The molecule has 1 saturated heterocycles. The number of piperidine rings is 1. The van der Waals surface area contributed by atoms with Crippen LogP contribution >= 0.6 is 0 Å². The number of nitrogens with one attached hydrogen (secondary N) is 1. The molecule has 190 valence electrons. The predicted octanol–water partition coefficient (Wildman–Crippen LogP) is 3.43. The lowest BCUT2D eigenvalue weighted by molar-refractivity contribution is 0.102. The Kier molecular flexibility index (Phi) is 6.57. The van der Waals surface area contributed by atoms with E-state index < -0.39 is 34.6 Å². The molecule has 0 bridgehead atoms. The maximum absolute atomic E-state index is 14.5. The maximum atomic E-state index is 14.5. The van der Waals surface area contributed by atoms with Crippen LogP contribution in [0.15, 0.2) is 61.4 Å². The number of nitrogens with zero attached hydrogens (tertiary/aromatic N) is 6. The lowest BCUT2D eigenvalue weighted by Crippen LogP contribution is -2.53. The van der Waals surface area contributed by atoms with E-state index in [0.717, 1.165) is 30.3 Å². The summed E-state index contributed by atoms with van der Waals surface area (Å²) >= 11 is 0. The first-order valence-corrected chi connectivity index (χ1v) is 11.5. The Labute approximate surface area is 210 Å². The number of anilines is 2. The van der Waals surface area contributed by atoms with Crippen molar-refractivity contribution < 1.29 is 18.0 Å². The van der Waals surface area contributed by atoms with Crippen LogP contribution in [0.5, 0.6) is 0 Å². The van der Waals surface area contributed by atoms with Gasteiger partial charge in [0.15, 0.2) is 0 Å². The van der Waals surface area contributed by atoms with Gasteiger partial charge < -0.3 is 16.0 Å². The van der Waals surface area contributed by atoms with E-state index >= 15 is 0 Å². The van der Waals surface area contributed by atoms with Crippen molar-refractivity contribution in [1.82, 2.24) is 24.7 Å². The Morgan fingerprint density at radius 3 is 2.54 bits per heavy atom. The summed E-state index contributed by atoms with van der Waals surface area (Å²) < 4.78 is 44.7. The van der Waals surface area contributed by atoms with Gasteiger partial charge in [-0.15, -0.1) is 0 Å². The van der Waals surface area contributed by atoms with Crippen LogP contribution in [0.1, 0.15) is 23.5 Å². The number of hydrogen-bond donors (Lipinski definition) is 2. The fourth-order valence-corrected chi connectivity index (χ4v) is 4.75. The summed E-state index contributed by atoms with van der Waals surface area (Å²) in [6, 6.07) is 6.68. The highest BCUT2D eigenvalue weighted by atomic mass is 19.1. The standard InChI is InChI=1S/C25H23F3N8O/c1-14-10-35(11-18(29)24(14)36-13-31-12-32-36)21-7-8-30-9-20(21)34-25(37)19-6-5-17(28)23(33-19)22-15(26)3-2-4-16(22)27/h2-9,12-14,18,24H,10-11,29H2,1H3,(H,34,37)/t14-,18+,24-/m0/s1. The van der Waals surface area contributed by atoms with E-state index in [1.54, 1.807) is 23.3 Å². The van der Waals surface area contributed by atoms with Crippen molar-refractivity contribution >= 4 is 17.3 Å². The molecule has 0 aliphatic carbocycles. The van der Waals surface area contributed by atoms with Gasteiger partial charge in [0.05, 0.1) is 29.2 Å². The van der Waals surface area contributed by atoms with Gasteiger partial charge in [-0.1, -0.05) is 13.0 Å². The molecule has 0 unspecified atom stereocenters. The number of carbonyl (C=O) groups excluding carboxylic acids is 1. The van der Waals surface area contributed by atoms with Crippen LogP contribution in [-0.4, -0.2) is 49.8 Å². The molecule has 0 spiro atoms. The van der Waals surface area contributed by atoms with E-state index in [-0.39, 0.29) is 23.7 Å². The van der Waals surface area contributed by atoms with Gasteiger partial charge in [-0.05, 0) is 36.2 Å². The molecular weight excluding hydrogens is 485 g/mol. The SMILES string of the molecule is C[C@H]1CN(c2ccncc2NC(=O)c2ccc(F)c(-c3c(F)cccc3F)n2)C[C@@H](N)[C@H]1n1cncn1. The van der Waals surface area contributed by atoms with Gasteiger partial charge in [-0.2, -0.15) is 5.10 Å². The summed E-state index contributed by atoms with van der Waals surface area (Å²) in [5.41, 5.74) is 6.12. The molecular formula is C25H23F3N8O. The van der Waals surface area contributed by atoms with Gasteiger partial charge in [-0.25, -0.2) is 27.8 Å². The third-order valence-electron chi connectivity index (χ3n) is 6.37. The molecule has 1 amide bonds. The number of aromatic nitrogens is 5. The highest BCUT2D eigenvalue weighted by Gasteiger charge is 2.35. The van der Waals surface area contributed by atoms with Crippen molar-refractivity contribution in [2.45, 2.75) is 19.0 Å². The van der Waals surface area contributed by atoms with Crippen molar-refractivity contribution in [1.29, 1.82) is 0 Å². The van der Waals surface area contributed by atoms with Gasteiger partial charge in [0.25, 0.3) is 5.91 Å². The normalized spacial score (nSPS) is 19.6. The number of halogens is 3. The average molecular weight is 509 g/mol. The summed E-state index contributed by atoms with van der Waals surface area (Å²) in [7, 11) is 0. The molecule has 1 fully saturated rings. The zero-order valence-corrected chi connectivity index (χ0v) is 19.7. The highest BCUT2D eigenvalue weighted by molar-refractivity contribution is 6.04. The van der Waals surface area contributed by atoms with E-state index in [2.05, 4.69) is 32.3 Å². The lowest BCUT2D eigenvalue weighted by Gasteiger charge is -2.42. The van der Waals surface area contributed by atoms with Crippen molar-refractivity contribution in [3.05, 3.63) is 84.6 Å². The van der Waals surface area contributed by atoms with Crippen molar-refractivity contribution in [2.24, 2.45) is 11.7 Å². The van der Waals surface area contributed by atoms with Crippen molar-refractivity contribution in [2.75, 3.05) is 23.3 Å². The second kappa shape index (κ2) is 9.97. The first kappa shape index (κ1) is 24.4. The number of nitrogens with two attached hydrogens (primary N) is 1.